The molecule has 5 rings (SSSR count). The number of carbonyl (C=O) groups is 1. The van der Waals surface area contributed by atoms with Gasteiger partial charge in [-0.15, -0.1) is 11.3 Å². The Hall–Kier alpha value is -2.93. The normalized spacial score (nSPS) is 21.2. The van der Waals surface area contributed by atoms with E-state index < -0.39 is 0 Å². The zero-order chi connectivity index (χ0) is 20.0. The minimum Gasteiger partial charge on any atom is -0.489 e. The highest BCUT2D eigenvalue weighted by Gasteiger charge is 2.25. The van der Waals surface area contributed by atoms with E-state index in [4.69, 9.17) is 4.74 Å². The van der Waals surface area contributed by atoms with E-state index in [9.17, 15) is 4.79 Å². The molecular formula is C22H22N4O2S. The summed E-state index contributed by atoms with van der Waals surface area (Å²) in [7, 11) is 1.83. The molecule has 7 heteroatoms. The van der Waals surface area contributed by atoms with Crippen molar-refractivity contribution in [1.82, 2.24) is 9.88 Å². The van der Waals surface area contributed by atoms with Crippen LogP contribution >= 0.6 is 11.3 Å². The van der Waals surface area contributed by atoms with Gasteiger partial charge in [0.05, 0.1) is 12.2 Å². The largest absolute Gasteiger partial charge is 0.489 e. The van der Waals surface area contributed by atoms with Crippen LogP contribution < -0.4 is 10.1 Å². The maximum absolute atomic E-state index is 11.7. The predicted molar refractivity (Wildman–Crippen MR) is 116 cm³/mol. The third-order valence-corrected chi connectivity index (χ3v) is 6.39. The van der Waals surface area contributed by atoms with Crippen LogP contribution in [0, 0.1) is 6.92 Å². The number of rotatable bonds is 3. The van der Waals surface area contributed by atoms with Crippen molar-refractivity contribution in [1.29, 1.82) is 0 Å². The van der Waals surface area contributed by atoms with Gasteiger partial charge in [0.1, 0.15) is 11.9 Å². The van der Waals surface area contributed by atoms with Gasteiger partial charge < -0.3 is 15.0 Å². The summed E-state index contributed by atoms with van der Waals surface area (Å²) in [5.41, 5.74) is 4.08. The van der Waals surface area contributed by atoms with Crippen LogP contribution in [0.2, 0.25) is 0 Å². The van der Waals surface area contributed by atoms with Crippen LogP contribution in [0.15, 0.2) is 40.8 Å². The highest BCUT2D eigenvalue weighted by molar-refractivity contribution is 7.17. The standard InChI is InChI=1S/C22H22N4O2S/c1-13-7-17(28-16-3-4-20(27)26(2)12-16)8-15-11-24-22(25-21(13)15)18-9-19-14(10-23-18)5-6-29-19/h5-11,16,22,25H,3-4,12H2,1-2H3. The van der Waals surface area contributed by atoms with Gasteiger partial charge in [0.25, 0.3) is 0 Å². The Labute approximate surface area is 173 Å². The van der Waals surface area contributed by atoms with Crippen LogP contribution in [0.3, 0.4) is 0 Å². The second-order valence-corrected chi connectivity index (χ2v) is 8.60. The highest BCUT2D eigenvalue weighted by Crippen LogP contribution is 2.34. The monoisotopic (exact) mass is 406 g/mol. The molecule has 0 bridgehead atoms. The fourth-order valence-electron chi connectivity index (χ4n) is 3.91. The summed E-state index contributed by atoms with van der Waals surface area (Å²) in [6.07, 6.45) is 4.93. The lowest BCUT2D eigenvalue weighted by Crippen LogP contribution is -2.42. The number of anilines is 1. The van der Waals surface area contributed by atoms with E-state index in [0.29, 0.717) is 13.0 Å². The molecule has 6 nitrogen and oxygen atoms in total. The number of ether oxygens (including phenoxy) is 1. The van der Waals surface area contributed by atoms with Crippen molar-refractivity contribution >= 4 is 39.2 Å². The van der Waals surface area contributed by atoms with E-state index in [2.05, 4.69) is 39.7 Å². The number of aryl methyl sites for hydroxylation is 1. The van der Waals surface area contributed by atoms with Crippen LogP contribution in [0.5, 0.6) is 5.75 Å². The number of benzene rings is 1. The molecule has 1 fully saturated rings. The number of fused-ring (bicyclic) bond motifs is 2. The van der Waals surface area contributed by atoms with Crippen molar-refractivity contribution in [2.45, 2.75) is 32.0 Å². The minimum absolute atomic E-state index is 0.0260. The number of pyridine rings is 1. The molecule has 1 saturated heterocycles. The number of aromatic nitrogens is 1. The van der Waals surface area contributed by atoms with Gasteiger partial charge in [-0.3, -0.25) is 14.8 Å². The number of likely N-dealkylation sites (N-methyl/N-ethyl adjacent to an activating group) is 1. The fourth-order valence-corrected chi connectivity index (χ4v) is 4.72. The zero-order valence-electron chi connectivity index (χ0n) is 16.4. The number of likely N-dealkylation sites (tertiary alicyclic amines) is 1. The Bertz CT molecular complexity index is 1120. The number of hydrogen-bond acceptors (Lipinski definition) is 6. The summed E-state index contributed by atoms with van der Waals surface area (Å²) < 4.78 is 7.39. The van der Waals surface area contributed by atoms with Gasteiger partial charge >= 0.3 is 0 Å². The van der Waals surface area contributed by atoms with Crippen LogP contribution in [0.25, 0.3) is 10.1 Å². The van der Waals surface area contributed by atoms with Crippen molar-refractivity contribution in [3.63, 3.8) is 0 Å². The van der Waals surface area contributed by atoms with E-state index in [0.717, 1.165) is 40.1 Å². The Balaban J connectivity index is 1.37. The maximum atomic E-state index is 11.7. The first-order chi connectivity index (χ1) is 14.1. The van der Waals surface area contributed by atoms with Crippen LogP contribution in [-0.4, -0.2) is 41.7 Å². The molecular weight excluding hydrogens is 384 g/mol. The van der Waals surface area contributed by atoms with Gasteiger partial charge in [0.2, 0.25) is 5.91 Å². The number of nitrogens with zero attached hydrogens (tertiary/aromatic N) is 3. The number of thiophene rings is 1. The second-order valence-electron chi connectivity index (χ2n) is 7.65. The molecule has 3 aromatic rings. The molecule has 2 atom stereocenters. The smallest absolute Gasteiger partial charge is 0.222 e. The SMILES string of the molecule is Cc1cc(OC2CCC(=O)N(C)C2)cc2c1NC(c1cc3sccc3cn1)N=C2. The number of amides is 1. The highest BCUT2D eigenvalue weighted by atomic mass is 32.1. The Morgan fingerprint density at radius 2 is 2.21 bits per heavy atom. The van der Waals surface area contributed by atoms with Crippen LogP contribution in [-0.2, 0) is 4.79 Å². The van der Waals surface area contributed by atoms with E-state index in [-0.39, 0.29) is 18.2 Å². The van der Waals surface area contributed by atoms with E-state index in [1.807, 2.05) is 31.6 Å². The zero-order valence-corrected chi connectivity index (χ0v) is 17.2. The topological polar surface area (TPSA) is 66.8 Å². The van der Waals surface area contributed by atoms with Gasteiger partial charge in [0.15, 0.2) is 6.17 Å². The van der Waals surface area contributed by atoms with Gasteiger partial charge in [-0.1, -0.05) is 0 Å². The summed E-state index contributed by atoms with van der Waals surface area (Å²) in [5.74, 6) is 1.00. The summed E-state index contributed by atoms with van der Waals surface area (Å²) in [6, 6.07) is 8.25. The number of nitrogens with one attached hydrogen (secondary N) is 1. The van der Waals surface area contributed by atoms with Crippen molar-refractivity contribution in [2.24, 2.45) is 4.99 Å². The first-order valence-electron chi connectivity index (χ1n) is 9.75. The second kappa shape index (κ2) is 7.15. The first-order valence-corrected chi connectivity index (χ1v) is 10.6. The Morgan fingerprint density at radius 3 is 3.07 bits per heavy atom. The molecule has 0 aliphatic carbocycles. The lowest BCUT2D eigenvalue weighted by Gasteiger charge is -2.30. The van der Waals surface area contributed by atoms with Crippen molar-refractivity contribution < 1.29 is 9.53 Å². The average molecular weight is 407 g/mol. The first kappa shape index (κ1) is 18.1. The Morgan fingerprint density at radius 1 is 1.31 bits per heavy atom. The number of aliphatic imine (C=N–C) groups is 1. The fraction of sp³-hybridized carbons (Fsp3) is 0.318. The minimum atomic E-state index is -0.197. The molecule has 2 aliphatic heterocycles. The van der Waals surface area contributed by atoms with E-state index in [1.54, 1.807) is 16.2 Å². The summed E-state index contributed by atoms with van der Waals surface area (Å²) in [6.45, 7) is 2.70. The molecule has 0 radical (unpaired) electrons. The van der Waals surface area contributed by atoms with Crippen molar-refractivity contribution in [3.05, 3.63) is 52.7 Å². The molecule has 1 amide bonds. The molecule has 0 spiro atoms. The molecule has 1 N–H and O–H groups in total. The molecule has 0 saturated carbocycles. The molecule has 2 unspecified atom stereocenters. The molecule has 2 aromatic heterocycles. The lowest BCUT2D eigenvalue weighted by molar-refractivity contribution is -0.134. The third kappa shape index (κ3) is 3.46. The van der Waals surface area contributed by atoms with Crippen LogP contribution in [0.1, 0.15) is 35.8 Å². The summed E-state index contributed by atoms with van der Waals surface area (Å²) in [4.78, 5) is 22.7. The third-order valence-electron chi connectivity index (χ3n) is 5.51. The number of piperidine rings is 1. The molecule has 29 heavy (non-hydrogen) atoms. The van der Waals surface area contributed by atoms with Gasteiger partial charge in [-0.25, -0.2) is 0 Å². The molecule has 2 aliphatic rings. The van der Waals surface area contributed by atoms with Crippen molar-refractivity contribution in [3.8, 4) is 5.75 Å². The van der Waals surface area contributed by atoms with Crippen molar-refractivity contribution in [2.75, 3.05) is 18.9 Å². The average Bonchev–Trinajstić information content (AvgIpc) is 3.18. The van der Waals surface area contributed by atoms with E-state index >= 15 is 0 Å². The lowest BCUT2D eigenvalue weighted by atomic mass is 10.0. The van der Waals surface area contributed by atoms with Gasteiger partial charge in [-0.2, -0.15) is 0 Å². The number of carbonyl (C=O) groups excluding carboxylic acids is 1. The maximum Gasteiger partial charge on any atom is 0.222 e. The summed E-state index contributed by atoms with van der Waals surface area (Å²) >= 11 is 1.71. The quantitative estimate of drug-likeness (QED) is 0.710. The van der Waals surface area contributed by atoms with Gasteiger partial charge in [0, 0.05) is 47.2 Å². The van der Waals surface area contributed by atoms with E-state index in [1.165, 1.54) is 4.70 Å². The molecule has 4 heterocycles. The molecule has 148 valence electrons. The van der Waals surface area contributed by atoms with Gasteiger partial charge in [-0.05, 0) is 48.6 Å². The predicted octanol–water partition coefficient (Wildman–Crippen LogP) is 4.15. The van der Waals surface area contributed by atoms with Crippen LogP contribution in [0.4, 0.5) is 5.69 Å². The molecule has 1 aromatic carbocycles. The summed E-state index contributed by atoms with van der Waals surface area (Å²) in [5, 5.41) is 6.76. The Kier molecular flexibility index (Phi) is 4.47. The number of hydrogen-bond donors (Lipinski definition) is 1.